The predicted molar refractivity (Wildman–Crippen MR) is 58.3 cm³/mol. The number of ketones is 1. The van der Waals surface area contributed by atoms with Crippen LogP contribution in [0.4, 0.5) is 0 Å². The number of aromatic nitrogens is 1. The lowest BCUT2D eigenvalue weighted by molar-refractivity contribution is -0.118. The van der Waals surface area contributed by atoms with Crippen molar-refractivity contribution in [2.24, 2.45) is 5.73 Å². The van der Waals surface area contributed by atoms with Gasteiger partial charge in [-0.15, -0.1) is 11.3 Å². The molecule has 0 fully saturated rings. The van der Waals surface area contributed by atoms with E-state index < -0.39 is 0 Å². The zero-order chi connectivity index (χ0) is 10.6. The van der Waals surface area contributed by atoms with E-state index in [1.165, 1.54) is 11.3 Å². The van der Waals surface area contributed by atoms with Crippen LogP contribution in [0.15, 0.2) is 11.6 Å². The van der Waals surface area contributed by atoms with Gasteiger partial charge >= 0.3 is 0 Å². The summed E-state index contributed by atoms with van der Waals surface area (Å²) in [6, 6.07) is 0. The van der Waals surface area contributed by atoms with E-state index in [1.807, 2.05) is 19.2 Å². The highest BCUT2D eigenvalue weighted by Gasteiger charge is 2.13. The number of thiazole rings is 1. The van der Waals surface area contributed by atoms with Crippen LogP contribution in [0.25, 0.3) is 0 Å². The van der Waals surface area contributed by atoms with Gasteiger partial charge in [0.05, 0.1) is 11.4 Å². The summed E-state index contributed by atoms with van der Waals surface area (Å²) in [6.07, 6.45) is 3.45. The molecule has 0 amide bonds. The maximum absolute atomic E-state index is 11.5. The molecule has 1 aromatic rings. The highest BCUT2D eigenvalue weighted by molar-refractivity contribution is 7.09. The quantitative estimate of drug-likeness (QED) is 0.809. The Hall–Kier alpha value is -0.740. The molecule has 0 aromatic carbocycles. The summed E-state index contributed by atoms with van der Waals surface area (Å²) in [5, 5.41) is 2.78. The Morgan fingerprint density at radius 1 is 1.64 bits per heavy atom. The first kappa shape index (κ1) is 11.3. The van der Waals surface area contributed by atoms with Crippen LogP contribution in [0, 0.1) is 0 Å². The molecule has 0 unspecified atom stereocenters. The molecule has 1 aromatic heterocycles. The van der Waals surface area contributed by atoms with Crippen LogP contribution in [-0.4, -0.2) is 16.3 Å². The maximum Gasteiger partial charge on any atom is 0.139 e. The molecule has 0 spiro atoms. The minimum Gasteiger partial charge on any atom is -0.326 e. The van der Waals surface area contributed by atoms with E-state index in [1.54, 1.807) is 6.20 Å². The number of nitrogens with zero attached hydrogens (tertiary/aromatic N) is 1. The van der Waals surface area contributed by atoms with Gasteiger partial charge in [-0.1, -0.05) is 0 Å². The molecule has 0 aliphatic heterocycles. The summed E-state index contributed by atoms with van der Waals surface area (Å²) in [5.41, 5.74) is 5.54. The highest BCUT2D eigenvalue weighted by Crippen LogP contribution is 2.11. The third-order valence-corrected chi connectivity index (χ3v) is 2.66. The molecule has 0 bridgehead atoms. The number of carbonyl (C=O) groups excluding carboxylic acids is 1. The third-order valence-electron chi connectivity index (χ3n) is 1.88. The van der Waals surface area contributed by atoms with Crippen molar-refractivity contribution in [2.45, 2.75) is 38.6 Å². The first-order valence-corrected chi connectivity index (χ1v) is 5.54. The van der Waals surface area contributed by atoms with Crippen LogP contribution in [0.2, 0.25) is 0 Å². The Labute approximate surface area is 88.3 Å². The van der Waals surface area contributed by atoms with Gasteiger partial charge in [0.15, 0.2) is 0 Å². The molecule has 0 saturated carbocycles. The van der Waals surface area contributed by atoms with Gasteiger partial charge in [-0.25, -0.2) is 4.98 Å². The molecule has 3 nitrogen and oxygen atoms in total. The molecule has 14 heavy (non-hydrogen) atoms. The minimum absolute atomic E-state index is 0.221. The van der Waals surface area contributed by atoms with Gasteiger partial charge in [0.2, 0.25) is 0 Å². The normalized spacial score (nSPS) is 11.6. The average Bonchev–Trinajstić information content (AvgIpc) is 2.52. The van der Waals surface area contributed by atoms with Crippen molar-refractivity contribution in [3.8, 4) is 0 Å². The summed E-state index contributed by atoms with van der Waals surface area (Å²) < 4.78 is 0. The molecule has 0 aliphatic rings. The van der Waals surface area contributed by atoms with Crippen molar-refractivity contribution in [1.82, 2.24) is 4.98 Å². The number of carbonyl (C=O) groups is 1. The van der Waals surface area contributed by atoms with Crippen molar-refractivity contribution in [1.29, 1.82) is 0 Å². The average molecular weight is 212 g/mol. The van der Waals surface area contributed by atoms with Gasteiger partial charge in [0.25, 0.3) is 0 Å². The second-order valence-corrected chi connectivity index (χ2v) is 5.11. The van der Waals surface area contributed by atoms with Crippen LogP contribution >= 0.6 is 11.3 Å². The van der Waals surface area contributed by atoms with Gasteiger partial charge in [-0.05, 0) is 20.3 Å². The van der Waals surface area contributed by atoms with Crippen molar-refractivity contribution in [2.75, 3.05) is 0 Å². The largest absolute Gasteiger partial charge is 0.326 e. The monoisotopic (exact) mass is 212 g/mol. The molecule has 0 atom stereocenters. The van der Waals surface area contributed by atoms with E-state index in [2.05, 4.69) is 4.98 Å². The fourth-order valence-corrected chi connectivity index (χ4v) is 1.70. The number of nitrogens with two attached hydrogens (primary N) is 1. The van der Waals surface area contributed by atoms with Crippen LogP contribution < -0.4 is 5.73 Å². The Balaban J connectivity index is 2.30. The molecule has 1 rings (SSSR count). The first-order valence-electron chi connectivity index (χ1n) is 4.66. The molecular weight excluding hydrogens is 196 g/mol. The van der Waals surface area contributed by atoms with E-state index in [0.717, 1.165) is 11.4 Å². The molecule has 0 radical (unpaired) electrons. The van der Waals surface area contributed by atoms with Crippen molar-refractivity contribution in [3.05, 3.63) is 16.6 Å². The lowest BCUT2D eigenvalue weighted by Gasteiger charge is -2.16. The molecular formula is C10H16N2OS. The highest BCUT2D eigenvalue weighted by atomic mass is 32.1. The lowest BCUT2D eigenvalue weighted by atomic mass is 9.98. The maximum atomic E-state index is 11.5. The minimum atomic E-state index is -0.251. The van der Waals surface area contributed by atoms with E-state index >= 15 is 0 Å². The Morgan fingerprint density at radius 2 is 2.36 bits per heavy atom. The van der Waals surface area contributed by atoms with Crippen LogP contribution in [0.5, 0.6) is 0 Å². The fourth-order valence-electron chi connectivity index (χ4n) is 1.06. The fraction of sp³-hybridized carbons (Fsp3) is 0.600. The van der Waals surface area contributed by atoms with E-state index in [9.17, 15) is 4.79 Å². The molecule has 4 heteroatoms. The Bertz CT molecular complexity index is 288. The predicted octanol–water partition coefficient (Wildman–Crippen LogP) is 1.77. The summed E-state index contributed by atoms with van der Waals surface area (Å²) in [7, 11) is 0. The SMILES string of the molecule is CC(C)(N)CCC(=O)Cc1nccs1. The molecule has 78 valence electrons. The standard InChI is InChI=1S/C10H16N2OS/c1-10(2,11)4-3-8(13)7-9-12-5-6-14-9/h5-6H,3-4,7,11H2,1-2H3. The Morgan fingerprint density at radius 3 is 2.86 bits per heavy atom. The zero-order valence-corrected chi connectivity index (χ0v) is 9.43. The van der Waals surface area contributed by atoms with Gasteiger partial charge in [0.1, 0.15) is 5.78 Å². The van der Waals surface area contributed by atoms with Crippen LogP contribution in [0.3, 0.4) is 0 Å². The topological polar surface area (TPSA) is 56.0 Å². The van der Waals surface area contributed by atoms with Crippen molar-refractivity contribution >= 4 is 17.1 Å². The van der Waals surface area contributed by atoms with Crippen LogP contribution in [0.1, 0.15) is 31.7 Å². The van der Waals surface area contributed by atoms with E-state index in [4.69, 9.17) is 5.73 Å². The summed E-state index contributed by atoms with van der Waals surface area (Å²) in [6.45, 7) is 3.87. The van der Waals surface area contributed by atoms with Gasteiger partial charge < -0.3 is 5.73 Å². The third kappa shape index (κ3) is 4.48. The van der Waals surface area contributed by atoms with Gasteiger partial charge in [-0.2, -0.15) is 0 Å². The zero-order valence-electron chi connectivity index (χ0n) is 8.62. The van der Waals surface area contributed by atoms with Gasteiger partial charge in [0, 0.05) is 23.5 Å². The number of Topliss-reactive ketones (excluding diaryl/α,β-unsaturated/α-hetero) is 1. The molecule has 0 saturated heterocycles. The molecule has 1 heterocycles. The lowest BCUT2D eigenvalue weighted by Crippen LogP contribution is -2.32. The molecule has 0 aliphatic carbocycles. The van der Waals surface area contributed by atoms with E-state index in [0.29, 0.717) is 12.8 Å². The number of rotatable bonds is 5. The summed E-state index contributed by atoms with van der Waals surface area (Å²) in [4.78, 5) is 15.5. The number of hydrogen-bond donors (Lipinski definition) is 1. The van der Waals surface area contributed by atoms with Crippen molar-refractivity contribution < 1.29 is 4.79 Å². The number of hydrogen-bond acceptors (Lipinski definition) is 4. The van der Waals surface area contributed by atoms with E-state index in [-0.39, 0.29) is 11.3 Å². The summed E-state index contributed by atoms with van der Waals surface area (Å²) in [5.74, 6) is 0.221. The second-order valence-electron chi connectivity index (χ2n) is 4.13. The van der Waals surface area contributed by atoms with Gasteiger partial charge in [-0.3, -0.25) is 4.79 Å². The summed E-state index contributed by atoms with van der Waals surface area (Å²) >= 11 is 1.52. The Kier molecular flexibility index (Phi) is 3.77. The van der Waals surface area contributed by atoms with Crippen LogP contribution in [-0.2, 0) is 11.2 Å². The molecule has 2 N–H and O–H groups in total. The van der Waals surface area contributed by atoms with Crippen molar-refractivity contribution in [3.63, 3.8) is 0 Å². The first-order chi connectivity index (χ1) is 6.47. The second kappa shape index (κ2) is 4.66. The smallest absolute Gasteiger partial charge is 0.139 e.